The highest BCUT2D eigenvalue weighted by atomic mass is 127. The molecule has 0 amide bonds. The summed E-state index contributed by atoms with van der Waals surface area (Å²) < 4.78 is 4.80. The van der Waals surface area contributed by atoms with Gasteiger partial charge in [0.05, 0.1) is 6.54 Å². The maximum Gasteiger partial charge on any atom is 0.191 e. The first-order valence-electron chi connectivity index (χ1n) is 7.09. The lowest BCUT2D eigenvalue weighted by molar-refractivity contribution is 0.410. The Balaban J connectivity index is 0.00000242. The van der Waals surface area contributed by atoms with Crippen LogP contribution in [0.3, 0.4) is 0 Å². The lowest BCUT2D eigenvalue weighted by atomic mass is 10.0. The number of hydrogen-bond acceptors (Lipinski definition) is 3. The van der Waals surface area contributed by atoms with Crippen LogP contribution in [0.15, 0.2) is 46.1 Å². The van der Waals surface area contributed by atoms with Crippen molar-refractivity contribution in [1.82, 2.24) is 15.8 Å². The molecule has 0 saturated carbocycles. The van der Waals surface area contributed by atoms with Crippen molar-refractivity contribution in [3.05, 3.63) is 53.4 Å². The molecule has 0 saturated heterocycles. The number of rotatable bonds is 5. The summed E-state index contributed by atoms with van der Waals surface area (Å²) in [5, 5.41) is 10.4. The van der Waals surface area contributed by atoms with E-state index in [2.05, 4.69) is 58.9 Å². The molecule has 1 heterocycles. The van der Waals surface area contributed by atoms with Gasteiger partial charge in [-0.15, -0.1) is 24.0 Å². The Hall–Kier alpha value is -1.57. The van der Waals surface area contributed by atoms with Gasteiger partial charge in [-0.2, -0.15) is 0 Å². The van der Waals surface area contributed by atoms with E-state index < -0.39 is 0 Å². The van der Waals surface area contributed by atoms with Crippen molar-refractivity contribution in [2.24, 2.45) is 4.99 Å². The second kappa shape index (κ2) is 9.45. The third-order valence-electron chi connectivity index (χ3n) is 3.37. The maximum atomic E-state index is 4.80. The summed E-state index contributed by atoms with van der Waals surface area (Å²) in [5.41, 5.74) is 3.45. The molecule has 5 nitrogen and oxygen atoms in total. The van der Waals surface area contributed by atoms with Gasteiger partial charge in [-0.1, -0.05) is 41.9 Å². The molecule has 1 atom stereocenters. The SMILES string of the molecule is CN=C(NCc1ccon1)NCC(C)c1ccc(C)cc1.I. The Labute approximate surface area is 148 Å². The first-order chi connectivity index (χ1) is 10.2. The standard InChI is InChI=1S/C16H22N4O.HI/c1-12-4-6-14(7-5-12)13(2)10-18-16(17-3)19-11-15-8-9-21-20-15;/h4-9,13H,10-11H2,1-3H3,(H2,17,18,19);1H. The van der Waals surface area contributed by atoms with Crippen LogP contribution in [-0.2, 0) is 6.54 Å². The molecule has 1 aromatic heterocycles. The van der Waals surface area contributed by atoms with Gasteiger partial charge in [0.1, 0.15) is 12.0 Å². The molecule has 1 unspecified atom stereocenters. The summed E-state index contributed by atoms with van der Waals surface area (Å²) in [4.78, 5) is 4.20. The molecule has 1 aromatic carbocycles. The normalized spacial score (nSPS) is 12.4. The van der Waals surface area contributed by atoms with Gasteiger partial charge in [0.15, 0.2) is 5.96 Å². The van der Waals surface area contributed by atoms with Gasteiger partial charge in [-0.3, -0.25) is 4.99 Å². The Morgan fingerprint density at radius 2 is 1.95 bits per heavy atom. The molecule has 22 heavy (non-hydrogen) atoms. The van der Waals surface area contributed by atoms with Crippen molar-refractivity contribution in [2.45, 2.75) is 26.3 Å². The minimum absolute atomic E-state index is 0. The van der Waals surface area contributed by atoms with Gasteiger partial charge in [-0.05, 0) is 18.4 Å². The van der Waals surface area contributed by atoms with Crippen LogP contribution >= 0.6 is 24.0 Å². The summed E-state index contributed by atoms with van der Waals surface area (Å²) in [6.45, 7) is 5.71. The third kappa shape index (κ3) is 5.67. The van der Waals surface area contributed by atoms with Crippen molar-refractivity contribution in [3.8, 4) is 0 Å². The number of nitrogens with zero attached hydrogens (tertiary/aromatic N) is 2. The average Bonchev–Trinajstić information content (AvgIpc) is 3.01. The van der Waals surface area contributed by atoms with Crippen molar-refractivity contribution in [1.29, 1.82) is 0 Å². The minimum Gasteiger partial charge on any atom is -0.364 e. The number of halogens is 1. The molecule has 0 aliphatic heterocycles. The fraction of sp³-hybridized carbons (Fsp3) is 0.375. The second-order valence-corrected chi connectivity index (χ2v) is 5.11. The molecule has 2 aromatic rings. The van der Waals surface area contributed by atoms with Gasteiger partial charge in [0.2, 0.25) is 0 Å². The van der Waals surface area contributed by atoms with Crippen molar-refractivity contribution in [3.63, 3.8) is 0 Å². The van der Waals surface area contributed by atoms with E-state index in [0.29, 0.717) is 12.5 Å². The van der Waals surface area contributed by atoms with Crippen molar-refractivity contribution < 1.29 is 4.52 Å². The second-order valence-electron chi connectivity index (χ2n) is 5.11. The Morgan fingerprint density at radius 1 is 1.23 bits per heavy atom. The number of nitrogens with one attached hydrogen (secondary N) is 2. The molecule has 0 bridgehead atoms. The van der Waals surface area contributed by atoms with Crippen LogP contribution in [0.1, 0.15) is 29.7 Å². The predicted molar refractivity (Wildman–Crippen MR) is 99.7 cm³/mol. The summed E-state index contributed by atoms with van der Waals surface area (Å²) in [5.74, 6) is 1.17. The zero-order valence-electron chi connectivity index (χ0n) is 13.2. The highest BCUT2D eigenvalue weighted by Crippen LogP contribution is 2.14. The Morgan fingerprint density at radius 3 is 2.55 bits per heavy atom. The van der Waals surface area contributed by atoms with Crippen LogP contribution in [0.4, 0.5) is 0 Å². The summed E-state index contributed by atoms with van der Waals surface area (Å²) in [6, 6.07) is 10.5. The summed E-state index contributed by atoms with van der Waals surface area (Å²) >= 11 is 0. The van der Waals surface area contributed by atoms with Crippen LogP contribution < -0.4 is 10.6 Å². The van der Waals surface area contributed by atoms with Crippen LogP contribution in [-0.4, -0.2) is 24.7 Å². The Kier molecular flexibility index (Phi) is 7.94. The molecular weight excluding hydrogens is 391 g/mol. The zero-order valence-corrected chi connectivity index (χ0v) is 15.5. The fourth-order valence-corrected chi connectivity index (χ4v) is 1.99. The van der Waals surface area contributed by atoms with E-state index in [-0.39, 0.29) is 24.0 Å². The highest BCUT2D eigenvalue weighted by molar-refractivity contribution is 14.0. The molecule has 2 N–H and O–H groups in total. The molecule has 6 heteroatoms. The molecule has 2 rings (SSSR count). The molecule has 0 spiro atoms. The number of aliphatic imine (C=N–C) groups is 1. The number of aromatic nitrogens is 1. The molecule has 0 fully saturated rings. The predicted octanol–water partition coefficient (Wildman–Crippen LogP) is 3.07. The number of guanidine groups is 1. The summed E-state index contributed by atoms with van der Waals surface area (Å²) in [7, 11) is 1.76. The molecule has 120 valence electrons. The largest absolute Gasteiger partial charge is 0.364 e. The highest BCUT2D eigenvalue weighted by Gasteiger charge is 2.07. The first kappa shape index (κ1) is 18.5. The van der Waals surface area contributed by atoms with Gasteiger partial charge in [0.25, 0.3) is 0 Å². The molecule has 0 radical (unpaired) electrons. The summed E-state index contributed by atoms with van der Waals surface area (Å²) in [6.07, 6.45) is 1.56. The monoisotopic (exact) mass is 414 g/mol. The lowest BCUT2D eigenvalue weighted by Gasteiger charge is -2.16. The van der Waals surface area contributed by atoms with Crippen LogP contribution in [0.5, 0.6) is 0 Å². The van der Waals surface area contributed by atoms with E-state index in [1.807, 2.05) is 6.07 Å². The smallest absolute Gasteiger partial charge is 0.191 e. The van der Waals surface area contributed by atoms with Crippen LogP contribution in [0.25, 0.3) is 0 Å². The van der Waals surface area contributed by atoms with E-state index in [9.17, 15) is 0 Å². The lowest BCUT2D eigenvalue weighted by Crippen LogP contribution is -2.38. The van der Waals surface area contributed by atoms with E-state index in [1.165, 1.54) is 11.1 Å². The third-order valence-corrected chi connectivity index (χ3v) is 3.37. The van der Waals surface area contributed by atoms with Crippen molar-refractivity contribution >= 4 is 29.9 Å². The van der Waals surface area contributed by atoms with Gasteiger partial charge in [-0.25, -0.2) is 0 Å². The zero-order chi connectivity index (χ0) is 15.1. The molecule has 0 aliphatic carbocycles. The van der Waals surface area contributed by atoms with Crippen molar-refractivity contribution in [2.75, 3.05) is 13.6 Å². The number of benzene rings is 1. The first-order valence-corrected chi connectivity index (χ1v) is 7.09. The minimum atomic E-state index is 0. The van der Waals surface area contributed by atoms with E-state index >= 15 is 0 Å². The Bertz CT molecular complexity index is 566. The average molecular weight is 414 g/mol. The topological polar surface area (TPSA) is 62.5 Å². The van der Waals surface area contributed by atoms with Gasteiger partial charge in [0, 0.05) is 19.7 Å². The van der Waals surface area contributed by atoms with E-state index in [4.69, 9.17) is 4.52 Å². The molecular formula is C16H23IN4O. The quantitative estimate of drug-likeness (QED) is 0.449. The van der Waals surface area contributed by atoms with Crippen LogP contribution in [0.2, 0.25) is 0 Å². The van der Waals surface area contributed by atoms with E-state index in [0.717, 1.165) is 18.2 Å². The van der Waals surface area contributed by atoms with Crippen LogP contribution in [0, 0.1) is 6.92 Å². The molecule has 0 aliphatic rings. The van der Waals surface area contributed by atoms with Gasteiger partial charge < -0.3 is 15.2 Å². The number of hydrogen-bond donors (Lipinski definition) is 2. The van der Waals surface area contributed by atoms with Gasteiger partial charge >= 0.3 is 0 Å². The maximum absolute atomic E-state index is 4.80. The van der Waals surface area contributed by atoms with E-state index in [1.54, 1.807) is 13.3 Å². The fourth-order valence-electron chi connectivity index (χ4n) is 1.99. The number of aryl methyl sites for hydroxylation is 1.